The molecule has 1 aliphatic carbocycles. The van der Waals surface area contributed by atoms with E-state index in [9.17, 15) is 4.79 Å². The number of rotatable bonds is 10. The largest absolute Gasteiger partial charge is 0.321 e. The Bertz CT molecular complexity index is 1340. The summed E-state index contributed by atoms with van der Waals surface area (Å²) in [6, 6.07) is 19.2. The van der Waals surface area contributed by atoms with Gasteiger partial charge in [0.05, 0.1) is 11.6 Å². The lowest BCUT2D eigenvalue weighted by molar-refractivity contribution is 0.108. The Morgan fingerprint density at radius 3 is 2.69 bits per heavy atom. The normalized spacial score (nSPS) is 15.2. The first-order valence-corrected chi connectivity index (χ1v) is 13.3. The predicted octanol–water partition coefficient (Wildman–Crippen LogP) is 5.35. The number of nitrogens with zero attached hydrogens (tertiary/aromatic N) is 5. The Balaban J connectivity index is 1.47. The van der Waals surface area contributed by atoms with E-state index in [0.29, 0.717) is 12.6 Å². The maximum atomic E-state index is 13.2. The molecule has 2 heterocycles. The number of nitrogens with one attached hydrogen (secondary N) is 1. The van der Waals surface area contributed by atoms with Gasteiger partial charge in [-0.15, -0.1) is 5.10 Å². The molecule has 5 rings (SSSR count). The zero-order valence-corrected chi connectivity index (χ0v) is 21.4. The number of tetrazole rings is 1. The van der Waals surface area contributed by atoms with Crippen molar-refractivity contribution in [3.63, 3.8) is 0 Å². The van der Waals surface area contributed by atoms with E-state index < -0.39 is 0 Å². The van der Waals surface area contributed by atoms with Crippen molar-refractivity contribution in [3.05, 3.63) is 87.5 Å². The number of aryl methyl sites for hydroxylation is 3. The molecule has 1 atom stereocenters. The van der Waals surface area contributed by atoms with E-state index in [-0.39, 0.29) is 11.6 Å². The molecular formula is C29H36N6O. The van der Waals surface area contributed by atoms with Gasteiger partial charge in [0, 0.05) is 24.7 Å². The lowest BCUT2D eigenvalue weighted by Crippen LogP contribution is -2.39. The lowest BCUT2D eigenvalue weighted by atomic mass is 10.0. The second-order valence-electron chi connectivity index (χ2n) is 10.1. The summed E-state index contributed by atoms with van der Waals surface area (Å²) >= 11 is 0. The first kappa shape index (κ1) is 24.4. The number of para-hydroxylation sites is 1. The van der Waals surface area contributed by atoms with Gasteiger partial charge in [0.15, 0.2) is 5.82 Å². The Morgan fingerprint density at radius 2 is 1.92 bits per heavy atom. The van der Waals surface area contributed by atoms with Crippen molar-refractivity contribution in [2.75, 3.05) is 0 Å². The van der Waals surface area contributed by atoms with E-state index in [4.69, 9.17) is 0 Å². The van der Waals surface area contributed by atoms with Gasteiger partial charge in [0.1, 0.15) is 0 Å². The zero-order chi connectivity index (χ0) is 24.9. The highest BCUT2D eigenvalue weighted by Crippen LogP contribution is 2.34. The van der Waals surface area contributed by atoms with Crippen LogP contribution in [0.3, 0.4) is 0 Å². The van der Waals surface area contributed by atoms with Crippen LogP contribution in [0.2, 0.25) is 0 Å². The summed E-state index contributed by atoms with van der Waals surface area (Å²) in [4.78, 5) is 18.9. The smallest absolute Gasteiger partial charge is 0.252 e. The van der Waals surface area contributed by atoms with Crippen LogP contribution in [-0.4, -0.2) is 36.1 Å². The van der Waals surface area contributed by atoms with E-state index in [1.807, 2.05) is 23.7 Å². The molecule has 0 aliphatic heterocycles. The molecule has 7 heteroatoms. The minimum Gasteiger partial charge on any atom is -0.321 e. The molecule has 7 nitrogen and oxygen atoms in total. The molecule has 1 aliphatic rings. The number of hydrogen-bond donors (Lipinski definition) is 1. The average molecular weight is 485 g/mol. The molecule has 1 saturated carbocycles. The highest BCUT2D eigenvalue weighted by molar-refractivity contribution is 5.81. The van der Waals surface area contributed by atoms with Crippen molar-refractivity contribution in [1.29, 1.82) is 0 Å². The fourth-order valence-electron chi connectivity index (χ4n) is 5.68. The summed E-state index contributed by atoms with van der Waals surface area (Å²) in [5.41, 5.74) is 4.10. The van der Waals surface area contributed by atoms with Crippen LogP contribution in [0.4, 0.5) is 0 Å². The van der Waals surface area contributed by atoms with Crippen molar-refractivity contribution >= 4 is 10.9 Å². The number of hydrogen-bond acceptors (Lipinski definition) is 5. The Hall–Kier alpha value is -3.32. The second kappa shape index (κ2) is 11.2. The van der Waals surface area contributed by atoms with Crippen molar-refractivity contribution in [1.82, 2.24) is 30.1 Å². The van der Waals surface area contributed by atoms with E-state index in [2.05, 4.69) is 74.8 Å². The van der Waals surface area contributed by atoms with Crippen LogP contribution in [0, 0.1) is 6.92 Å². The first-order chi connectivity index (χ1) is 17.6. The molecule has 2 aromatic carbocycles. The molecule has 1 N–H and O–H groups in total. The molecular weight excluding hydrogens is 448 g/mol. The zero-order valence-electron chi connectivity index (χ0n) is 21.4. The highest BCUT2D eigenvalue weighted by atomic mass is 16.1. The Morgan fingerprint density at radius 1 is 1.11 bits per heavy atom. The standard InChI is InChI=1S/C29H36N6O/c1-3-10-26(28-31-32-33-35(28)18-17-22-12-5-4-6-13-22)34(25-15-7-8-16-25)20-24-19-23-14-9-11-21(2)27(23)30-29(24)36/h4-6,9,11-14,19,25-26H,3,7-8,10,15-18,20H2,1-2H3,(H,30,36)/t26-/m1/s1. The third kappa shape index (κ3) is 5.26. The topological polar surface area (TPSA) is 79.7 Å². The van der Waals surface area contributed by atoms with Crippen molar-refractivity contribution in [3.8, 4) is 0 Å². The number of fused-ring (bicyclic) bond motifs is 1. The molecule has 0 spiro atoms. The van der Waals surface area contributed by atoms with Gasteiger partial charge in [-0.2, -0.15) is 0 Å². The highest BCUT2D eigenvalue weighted by Gasteiger charge is 2.33. The van der Waals surface area contributed by atoms with Crippen LogP contribution in [0.5, 0.6) is 0 Å². The monoisotopic (exact) mass is 484 g/mol. The Labute approximate surface area is 212 Å². The third-order valence-electron chi connectivity index (χ3n) is 7.59. The molecule has 36 heavy (non-hydrogen) atoms. The summed E-state index contributed by atoms with van der Waals surface area (Å²) in [6.45, 7) is 5.58. The Kier molecular flexibility index (Phi) is 7.56. The predicted molar refractivity (Wildman–Crippen MR) is 143 cm³/mol. The van der Waals surface area contributed by atoms with Crippen LogP contribution in [0.1, 0.15) is 74.0 Å². The number of aromatic nitrogens is 5. The van der Waals surface area contributed by atoms with Crippen LogP contribution in [-0.2, 0) is 19.5 Å². The summed E-state index contributed by atoms with van der Waals surface area (Å²) in [7, 11) is 0. The summed E-state index contributed by atoms with van der Waals surface area (Å²) in [5.74, 6) is 0.910. The van der Waals surface area contributed by atoms with Crippen LogP contribution in [0.15, 0.2) is 59.4 Å². The molecule has 0 radical (unpaired) electrons. The average Bonchev–Trinajstić information content (AvgIpc) is 3.59. The van der Waals surface area contributed by atoms with Gasteiger partial charge < -0.3 is 4.98 Å². The molecule has 4 aromatic rings. The van der Waals surface area contributed by atoms with Gasteiger partial charge in [-0.25, -0.2) is 4.68 Å². The lowest BCUT2D eigenvalue weighted by Gasteiger charge is -2.35. The fraction of sp³-hybridized carbons (Fsp3) is 0.448. The molecule has 0 saturated heterocycles. The summed E-state index contributed by atoms with van der Waals surface area (Å²) in [6.07, 6.45) is 7.61. The molecule has 2 aromatic heterocycles. The summed E-state index contributed by atoms with van der Waals surface area (Å²) < 4.78 is 1.98. The van der Waals surface area contributed by atoms with E-state index >= 15 is 0 Å². The van der Waals surface area contributed by atoms with Crippen LogP contribution in [0.25, 0.3) is 10.9 Å². The SMILES string of the molecule is CCC[C@H](c1nnnn1CCc1ccccc1)N(Cc1cc2cccc(C)c2[nH]c1=O)C1CCCC1. The van der Waals surface area contributed by atoms with Crippen molar-refractivity contribution in [2.45, 2.75) is 84.0 Å². The van der Waals surface area contributed by atoms with Crippen molar-refractivity contribution < 1.29 is 0 Å². The molecule has 0 unspecified atom stereocenters. The molecule has 0 bridgehead atoms. The number of pyridine rings is 1. The van der Waals surface area contributed by atoms with Gasteiger partial charge in [-0.1, -0.05) is 74.7 Å². The number of benzene rings is 2. The van der Waals surface area contributed by atoms with Gasteiger partial charge in [0.2, 0.25) is 0 Å². The maximum absolute atomic E-state index is 13.2. The quantitative estimate of drug-likeness (QED) is 0.328. The molecule has 188 valence electrons. The van der Waals surface area contributed by atoms with E-state index in [1.165, 1.54) is 18.4 Å². The maximum Gasteiger partial charge on any atom is 0.252 e. The van der Waals surface area contributed by atoms with Gasteiger partial charge >= 0.3 is 0 Å². The minimum absolute atomic E-state index is 0.00119. The van der Waals surface area contributed by atoms with Gasteiger partial charge in [-0.3, -0.25) is 9.69 Å². The van der Waals surface area contributed by atoms with E-state index in [0.717, 1.165) is 66.5 Å². The minimum atomic E-state index is -0.00119. The number of aromatic amines is 1. The van der Waals surface area contributed by atoms with Crippen molar-refractivity contribution in [2.24, 2.45) is 0 Å². The van der Waals surface area contributed by atoms with Crippen LogP contribution >= 0.6 is 0 Å². The summed E-state index contributed by atoms with van der Waals surface area (Å²) in [5, 5.41) is 14.1. The van der Waals surface area contributed by atoms with Gasteiger partial charge in [0.25, 0.3) is 5.56 Å². The fourth-order valence-corrected chi connectivity index (χ4v) is 5.68. The first-order valence-electron chi connectivity index (χ1n) is 13.3. The molecule has 0 amide bonds. The van der Waals surface area contributed by atoms with E-state index in [1.54, 1.807) is 0 Å². The molecule has 1 fully saturated rings. The second-order valence-corrected chi connectivity index (χ2v) is 10.1. The van der Waals surface area contributed by atoms with Crippen LogP contribution < -0.4 is 5.56 Å². The van der Waals surface area contributed by atoms with Gasteiger partial charge in [-0.05, 0) is 65.6 Å². The third-order valence-corrected chi connectivity index (χ3v) is 7.59. The number of H-pyrrole nitrogens is 1.